The molecule has 1 fully saturated rings. The predicted octanol–water partition coefficient (Wildman–Crippen LogP) is 4.53. The van der Waals surface area contributed by atoms with Crippen molar-refractivity contribution in [1.29, 1.82) is 0 Å². The standard InChI is InChI=1S/C41H48ClN7O13S/c1-41(2,3)62-40(55)45(4)16-18-61-17-15-26-8-10-29(21-31(26)42)44-39(54)43-22-25-7-11-30-28(19-25)23-47(36(30)51)32-12-14-35(50)48(37(32)52)24-46(5)63(58,59)34-13-9-27(38(53)60-6)20-33(34)49(56)57/h7-11,13,19-21,32H,12,14-18,22-24H2,1-6H3,(H2,43,44,54). The molecule has 3 aromatic rings. The smallest absolute Gasteiger partial charge is 0.410 e. The number of urea groups is 1. The van der Waals surface area contributed by atoms with Crippen LogP contribution in [0.25, 0.3) is 0 Å². The molecule has 1 saturated heterocycles. The van der Waals surface area contributed by atoms with Crippen LogP contribution < -0.4 is 10.6 Å². The number of piperidine rings is 1. The number of rotatable bonds is 16. The van der Waals surface area contributed by atoms with Crippen LogP contribution >= 0.6 is 11.6 Å². The molecule has 0 aromatic heterocycles. The van der Waals surface area contributed by atoms with Gasteiger partial charge in [-0.2, -0.15) is 4.31 Å². The van der Waals surface area contributed by atoms with Crippen LogP contribution in [0.15, 0.2) is 59.5 Å². The van der Waals surface area contributed by atoms with Gasteiger partial charge in [0.2, 0.25) is 5.91 Å². The van der Waals surface area contributed by atoms with Crippen LogP contribution in [0, 0.1) is 10.1 Å². The number of benzene rings is 3. The summed E-state index contributed by atoms with van der Waals surface area (Å²) in [5, 5.41) is 17.7. The normalized spacial score (nSPS) is 15.3. The molecule has 3 aromatic carbocycles. The zero-order valence-corrected chi connectivity index (χ0v) is 37.0. The first-order valence-corrected chi connectivity index (χ1v) is 21.4. The van der Waals surface area contributed by atoms with Crippen molar-refractivity contribution in [2.45, 2.75) is 69.7 Å². The number of nitro benzene ring substituents is 1. The summed E-state index contributed by atoms with van der Waals surface area (Å²) in [6.45, 7) is 5.66. The van der Waals surface area contributed by atoms with E-state index in [-0.39, 0.29) is 31.5 Å². The highest BCUT2D eigenvalue weighted by molar-refractivity contribution is 7.89. The molecule has 1 unspecified atom stereocenters. The van der Waals surface area contributed by atoms with Crippen LogP contribution in [0.4, 0.5) is 21.0 Å². The van der Waals surface area contributed by atoms with Crippen molar-refractivity contribution in [2.24, 2.45) is 0 Å². The van der Waals surface area contributed by atoms with Gasteiger partial charge >= 0.3 is 18.1 Å². The minimum atomic E-state index is -4.69. The van der Waals surface area contributed by atoms with Gasteiger partial charge in [-0.15, -0.1) is 0 Å². The Bertz CT molecular complexity index is 2420. The second kappa shape index (κ2) is 19.9. The molecule has 0 spiro atoms. The molecule has 338 valence electrons. The lowest BCUT2D eigenvalue weighted by atomic mass is 10.0. The first kappa shape index (κ1) is 47.9. The maximum atomic E-state index is 13.8. The van der Waals surface area contributed by atoms with Gasteiger partial charge in [0.1, 0.15) is 11.6 Å². The third kappa shape index (κ3) is 11.7. The molecule has 2 N–H and O–H groups in total. The Morgan fingerprint density at radius 1 is 1.02 bits per heavy atom. The lowest BCUT2D eigenvalue weighted by molar-refractivity contribution is -0.387. The number of nitrogens with zero attached hydrogens (tertiary/aromatic N) is 5. The number of fused-ring (bicyclic) bond motifs is 1. The molecule has 0 bridgehead atoms. The van der Waals surface area contributed by atoms with E-state index < -0.39 is 79.7 Å². The summed E-state index contributed by atoms with van der Waals surface area (Å²) < 4.78 is 43.2. The average Bonchev–Trinajstić information content (AvgIpc) is 3.55. The lowest BCUT2D eigenvalue weighted by Crippen LogP contribution is -2.57. The van der Waals surface area contributed by atoms with E-state index in [1.165, 1.54) is 9.80 Å². The molecule has 20 nitrogen and oxygen atoms in total. The predicted molar refractivity (Wildman–Crippen MR) is 226 cm³/mol. The van der Waals surface area contributed by atoms with E-state index in [0.29, 0.717) is 62.8 Å². The fraction of sp³-hybridized carbons (Fsp3) is 0.415. The van der Waals surface area contributed by atoms with Crippen LogP contribution in [-0.4, -0.2) is 127 Å². The maximum absolute atomic E-state index is 13.8. The Morgan fingerprint density at radius 2 is 1.75 bits per heavy atom. The number of carbonyl (C=O) groups is 6. The van der Waals surface area contributed by atoms with Crippen molar-refractivity contribution in [3.05, 3.63) is 97.6 Å². The molecular weight excluding hydrogens is 866 g/mol. The number of esters is 1. The molecule has 2 aliphatic heterocycles. The largest absolute Gasteiger partial charge is 0.465 e. The van der Waals surface area contributed by atoms with Gasteiger partial charge in [0.25, 0.3) is 27.5 Å². The Labute approximate surface area is 368 Å². The number of carbonyl (C=O) groups excluding carboxylic acids is 6. The van der Waals surface area contributed by atoms with Crippen LogP contribution in [0.1, 0.15) is 71.0 Å². The molecule has 5 rings (SSSR count). The van der Waals surface area contributed by atoms with Crippen molar-refractivity contribution in [2.75, 3.05) is 52.9 Å². The summed E-state index contributed by atoms with van der Waals surface area (Å²) in [6, 6.07) is 11.0. The highest BCUT2D eigenvalue weighted by atomic mass is 35.5. The number of sulfonamides is 1. The number of ether oxygens (including phenoxy) is 3. The molecular formula is C41H48ClN7O13S. The Hall–Kier alpha value is -6.16. The van der Waals surface area contributed by atoms with Gasteiger partial charge in [0.15, 0.2) is 4.90 Å². The number of nitrogens with one attached hydrogen (secondary N) is 2. The van der Waals surface area contributed by atoms with Crippen LogP contribution in [-0.2, 0) is 53.3 Å². The van der Waals surface area contributed by atoms with Gasteiger partial charge in [-0.05, 0) is 80.6 Å². The molecule has 63 heavy (non-hydrogen) atoms. The van der Waals surface area contributed by atoms with Crippen LogP contribution in [0.3, 0.4) is 0 Å². The van der Waals surface area contributed by atoms with E-state index in [2.05, 4.69) is 15.4 Å². The monoisotopic (exact) mass is 913 g/mol. The number of imide groups is 1. The first-order valence-electron chi connectivity index (χ1n) is 19.6. The third-order valence-corrected chi connectivity index (χ3v) is 12.2. The van der Waals surface area contributed by atoms with E-state index in [9.17, 15) is 47.3 Å². The molecule has 0 aliphatic carbocycles. The van der Waals surface area contributed by atoms with Crippen LogP contribution in [0.5, 0.6) is 0 Å². The second-order valence-electron chi connectivity index (χ2n) is 15.7. The minimum absolute atomic E-state index is 0.00145. The molecule has 2 aliphatic rings. The van der Waals surface area contributed by atoms with E-state index >= 15 is 0 Å². The quantitative estimate of drug-likeness (QED) is 0.0660. The number of anilines is 1. The fourth-order valence-electron chi connectivity index (χ4n) is 6.69. The van der Waals surface area contributed by atoms with E-state index in [1.54, 1.807) is 64.2 Å². The topological polar surface area (TPSA) is 244 Å². The van der Waals surface area contributed by atoms with E-state index in [0.717, 1.165) is 37.9 Å². The van der Waals surface area contributed by atoms with Gasteiger partial charge in [-0.25, -0.2) is 22.8 Å². The van der Waals surface area contributed by atoms with Crippen molar-refractivity contribution >= 4 is 68.8 Å². The molecule has 6 amide bonds. The number of hydrogen-bond donors (Lipinski definition) is 2. The Morgan fingerprint density at radius 3 is 2.41 bits per heavy atom. The fourth-order valence-corrected chi connectivity index (χ4v) is 8.20. The zero-order valence-electron chi connectivity index (χ0n) is 35.5. The number of likely N-dealkylation sites (N-methyl/N-ethyl adjacent to an activating group) is 1. The first-order chi connectivity index (χ1) is 29.6. The summed E-state index contributed by atoms with van der Waals surface area (Å²) in [4.78, 5) is 90.6. The lowest BCUT2D eigenvalue weighted by Gasteiger charge is -2.36. The van der Waals surface area contributed by atoms with Gasteiger partial charge < -0.3 is 34.6 Å². The number of nitro groups is 1. The summed E-state index contributed by atoms with van der Waals surface area (Å²) in [7, 11) is -0.974. The second-order valence-corrected chi connectivity index (χ2v) is 18.1. The molecule has 2 heterocycles. The molecule has 0 radical (unpaired) electrons. The number of halogens is 1. The summed E-state index contributed by atoms with van der Waals surface area (Å²) in [6.07, 6.45) is -0.153. The van der Waals surface area contributed by atoms with Crippen LogP contribution in [0.2, 0.25) is 5.02 Å². The average molecular weight is 914 g/mol. The maximum Gasteiger partial charge on any atom is 0.410 e. The number of amides is 6. The summed E-state index contributed by atoms with van der Waals surface area (Å²) in [5.74, 6) is -2.93. The van der Waals surface area contributed by atoms with Gasteiger partial charge in [0, 0.05) is 62.5 Å². The van der Waals surface area contributed by atoms with E-state index in [4.69, 9.17) is 21.1 Å². The van der Waals surface area contributed by atoms with Crippen molar-refractivity contribution in [1.82, 2.24) is 24.3 Å². The zero-order chi connectivity index (χ0) is 46.4. The number of likely N-dealkylation sites (tertiary alicyclic amines) is 1. The van der Waals surface area contributed by atoms with Gasteiger partial charge in [0.05, 0.1) is 37.5 Å². The number of methoxy groups -OCH3 is 1. The van der Waals surface area contributed by atoms with Crippen molar-refractivity contribution < 1.29 is 56.3 Å². The highest BCUT2D eigenvalue weighted by Crippen LogP contribution is 2.32. The molecule has 0 saturated carbocycles. The van der Waals surface area contributed by atoms with Crippen molar-refractivity contribution in [3.63, 3.8) is 0 Å². The Kier molecular flexibility index (Phi) is 15.1. The third-order valence-electron chi connectivity index (χ3n) is 10.0. The van der Waals surface area contributed by atoms with E-state index in [1.807, 2.05) is 0 Å². The molecule has 22 heteroatoms. The Balaban J connectivity index is 1.13. The summed E-state index contributed by atoms with van der Waals surface area (Å²) >= 11 is 6.48. The molecule has 1 atom stereocenters. The van der Waals surface area contributed by atoms with Gasteiger partial charge in [-0.3, -0.25) is 29.4 Å². The highest BCUT2D eigenvalue weighted by Gasteiger charge is 2.44. The minimum Gasteiger partial charge on any atom is -0.465 e. The summed E-state index contributed by atoms with van der Waals surface area (Å²) in [5.41, 5.74) is 1.01. The van der Waals surface area contributed by atoms with Gasteiger partial charge in [-0.1, -0.05) is 29.8 Å². The number of hydrogen-bond acceptors (Lipinski definition) is 13. The SMILES string of the molecule is COC(=O)c1ccc(S(=O)(=O)N(C)CN2C(=O)CCC(N3Cc4cc(CNC(=O)Nc5ccc(CCOCCN(C)C(=O)OC(C)(C)C)c(Cl)c5)ccc4C3=O)C2=O)c([N+](=O)[O-])c1. The van der Waals surface area contributed by atoms with Crippen molar-refractivity contribution in [3.8, 4) is 0 Å².